The van der Waals surface area contributed by atoms with Crippen LogP contribution in [0.3, 0.4) is 0 Å². The molecule has 0 saturated heterocycles. The average Bonchev–Trinajstić information content (AvgIpc) is 2.28. The van der Waals surface area contributed by atoms with Gasteiger partial charge in [-0.3, -0.25) is 4.79 Å². The molecule has 0 aliphatic rings. The Kier molecular flexibility index (Phi) is 3.79. The van der Waals surface area contributed by atoms with E-state index in [4.69, 9.17) is 4.74 Å². The van der Waals surface area contributed by atoms with Crippen molar-refractivity contribution in [1.82, 2.24) is 0 Å². The lowest BCUT2D eigenvalue weighted by Crippen LogP contribution is -2.10. The fourth-order valence-corrected chi connectivity index (χ4v) is 1.09. The number of hydrogen-bond donors (Lipinski definition) is 1. The molecule has 80 valence electrons. The van der Waals surface area contributed by atoms with E-state index < -0.39 is 0 Å². The van der Waals surface area contributed by atoms with E-state index >= 15 is 0 Å². The minimum absolute atomic E-state index is 0.142. The quantitative estimate of drug-likeness (QED) is 0.772. The summed E-state index contributed by atoms with van der Waals surface area (Å²) in [6.45, 7) is 1.74. The van der Waals surface area contributed by atoms with Crippen LogP contribution >= 0.6 is 0 Å². The van der Waals surface area contributed by atoms with Crippen LogP contribution in [-0.4, -0.2) is 13.0 Å². The van der Waals surface area contributed by atoms with Crippen molar-refractivity contribution in [2.75, 3.05) is 12.4 Å². The van der Waals surface area contributed by atoms with Crippen molar-refractivity contribution in [3.63, 3.8) is 0 Å². The molecule has 15 heavy (non-hydrogen) atoms. The van der Waals surface area contributed by atoms with Gasteiger partial charge in [-0.05, 0) is 23.4 Å². The smallest absolute Gasteiger partial charge is 0.224 e. The second-order valence-corrected chi connectivity index (χ2v) is 2.88. The zero-order valence-corrected chi connectivity index (χ0v) is 8.61. The number of nitrogens with zero attached hydrogens (tertiary/aromatic N) is 1. The Labute approximate surface area is 87.4 Å². The molecule has 0 atom stereocenters. The largest absolute Gasteiger partial charge is 0.495 e. The van der Waals surface area contributed by atoms with Gasteiger partial charge in [0, 0.05) is 6.42 Å². The van der Waals surface area contributed by atoms with Gasteiger partial charge in [-0.1, -0.05) is 6.92 Å². The van der Waals surface area contributed by atoms with Crippen molar-refractivity contribution in [3.8, 4) is 5.75 Å². The lowest BCUT2D eigenvalue weighted by molar-refractivity contribution is -0.115. The van der Waals surface area contributed by atoms with Gasteiger partial charge in [-0.15, -0.1) is 4.91 Å². The molecule has 0 saturated carbocycles. The first-order chi connectivity index (χ1) is 7.21. The number of methoxy groups -OCH3 is 1. The molecule has 5 nitrogen and oxygen atoms in total. The summed E-state index contributed by atoms with van der Waals surface area (Å²) in [5.41, 5.74) is 0.712. The van der Waals surface area contributed by atoms with Crippen molar-refractivity contribution < 1.29 is 9.53 Å². The minimum Gasteiger partial charge on any atom is -0.495 e. The number of carbonyl (C=O) groups excluding carboxylic acids is 1. The molecule has 0 aromatic heterocycles. The number of carbonyl (C=O) groups is 1. The SMILES string of the molecule is CCC(=O)Nc1cc(N=O)ccc1OC. The summed E-state index contributed by atoms with van der Waals surface area (Å²) in [7, 11) is 1.49. The predicted octanol–water partition coefficient (Wildman–Crippen LogP) is 2.44. The van der Waals surface area contributed by atoms with Gasteiger partial charge in [0.15, 0.2) is 0 Å². The van der Waals surface area contributed by atoms with E-state index in [0.29, 0.717) is 17.9 Å². The average molecular weight is 208 g/mol. The number of nitroso groups, excluding NO2 is 1. The summed E-state index contributed by atoms with van der Waals surface area (Å²) in [4.78, 5) is 21.5. The number of anilines is 1. The van der Waals surface area contributed by atoms with Gasteiger partial charge >= 0.3 is 0 Å². The fraction of sp³-hybridized carbons (Fsp3) is 0.300. The van der Waals surface area contributed by atoms with Crippen LogP contribution in [0, 0.1) is 4.91 Å². The number of benzene rings is 1. The lowest BCUT2D eigenvalue weighted by atomic mass is 10.2. The zero-order valence-electron chi connectivity index (χ0n) is 8.61. The molecule has 1 rings (SSSR count). The molecule has 0 aliphatic heterocycles. The number of hydrogen-bond acceptors (Lipinski definition) is 4. The zero-order chi connectivity index (χ0) is 11.3. The molecular formula is C10H12N2O3. The Bertz CT molecular complexity index is 377. The van der Waals surface area contributed by atoms with Gasteiger partial charge in [0.05, 0.1) is 12.8 Å². The highest BCUT2D eigenvalue weighted by atomic mass is 16.5. The van der Waals surface area contributed by atoms with E-state index in [9.17, 15) is 9.70 Å². The van der Waals surface area contributed by atoms with Crippen molar-refractivity contribution in [3.05, 3.63) is 23.1 Å². The van der Waals surface area contributed by atoms with Crippen LogP contribution in [0.2, 0.25) is 0 Å². The topological polar surface area (TPSA) is 67.8 Å². The van der Waals surface area contributed by atoms with E-state index in [1.165, 1.54) is 19.2 Å². The lowest BCUT2D eigenvalue weighted by Gasteiger charge is -2.09. The van der Waals surface area contributed by atoms with E-state index in [-0.39, 0.29) is 11.6 Å². The summed E-state index contributed by atoms with van der Waals surface area (Å²) >= 11 is 0. The number of ether oxygens (including phenoxy) is 1. The standard InChI is InChI=1S/C10H12N2O3/c1-3-10(13)11-8-6-7(12-14)4-5-9(8)15-2/h4-6H,3H2,1-2H3,(H,11,13). The van der Waals surface area contributed by atoms with Crippen LogP contribution in [-0.2, 0) is 4.79 Å². The van der Waals surface area contributed by atoms with Gasteiger partial charge in [0.2, 0.25) is 5.91 Å². The molecule has 0 aliphatic carbocycles. The van der Waals surface area contributed by atoms with Crippen LogP contribution in [0.1, 0.15) is 13.3 Å². The third-order valence-electron chi connectivity index (χ3n) is 1.88. The highest BCUT2D eigenvalue weighted by Gasteiger charge is 2.07. The highest BCUT2D eigenvalue weighted by molar-refractivity contribution is 5.92. The molecule has 0 radical (unpaired) electrons. The molecule has 1 N–H and O–H groups in total. The number of rotatable bonds is 4. The molecule has 1 aromatic carbocycles. The van der Waals surface area contributed by atoms with Crippen molar-refractivity contribution >= 4 is 17.3 Å². The molecule has 0 bridgehead atoms. The molecule has 0 spiro atoms. The second kappa shape index (κ2) is 5.09. The first-order valence-corrected chi connectivity index (χ1v) is 4.52. The van der Waals surface area contributed by atoms with Crippen LogP contribution in [0.25, 0.3) is 0 Å². The molecule has 5 heteroatoms. The Balaban J connectivity index is 3.00. The van der Waals surface area contributed by atoms with Gasteiger partial charge in [0.25, 0.3) is 0 Å². The summed E-state index contributed by atoms with van der Waals surface area (Å²) in [6.07, 6.45) is 0.363. The molecule has 1 amide bonds. The Morgan fingerprint density at radius 3 is 2.80 bits per heavy atom. The van der Waals surface area contributed by atoms with Crippen molar-refractivity contribution in [2.24, 2.45) is 5.18 Å². The first-order valence-electron chi connectivity index (χ1n) is 4.52. The summed E-state index contributed by atoms with van der Waals surface area (Å²) in [5, 5.41) is 5.41. The van der Waals surface area contributed by atoms with E-state index in [1.54, 1.807) is 13.0 Å². The van der Waals surface area contributed by atoms with Crippen LogP contribution in [0.4, 0.5) is 11.4 Å². The molecule has 0 fully saturated rings. The van der Waals surface area contributed by atoms with Gasteiger partial charge < -0.3 is 10.1 Å². The van der Waals surface area contributed by atoms with Gasteiger partial charge in [-0.2, -0.15) is 0 Å². The molecule has 1 aromatic rings. The maximum Gasteiger partial charge on any atom is 0.224 e. The fourth-order valence-electron chi connectivity index (χ4n) is 1.09. The number of amides is 1. The first kappa shape index (κ1) is 11.2. The summed E-state index contributed by atoms with van der Waals surface area (Å²) in [5.74, 6) is 0.362. The van der Waals surface area contributed by atoms with Crippen LogP contribution in [0.15, 0.2) is 23.4 Å². The van der Waals surface area contributed by atoms with E-state index in [1.807, 2.05) is 0 Å². The van der Waals surface area contributed by atoms with E-state index in [2.05, 4.69) is 10.5 Å². The third kappa shape index (κ3) is 2.77. The minimum atomic E-state index is -0.142. The maximum absolute atomic E-state index is 11.2. The highest BCUT2D eigenvalue weighted by Crippen LogP contribution is 2.29. The predicted molar refractivity (Wildman–Crippen MR) is 57.4 cm³/mol. The van der Waals surface area contributed by atoms with Crippen molar-refractivity contribution in [2.45, 2.75) is 13.3 Å². The Morgan fingerprint density at radius 2 is 2.27 bits per heavy atom. The second-order valence-electron chi connectivity index (χ2n) is 2.88. The van der Waals surface area contributed by atoms with Gasteiger partial charge in [0.1, 0.15) is 11.4 Å². The monoisotopic (exact) mass is 208 g/mol. The van der Waals surface area contributed by atoms with E-state index in [0.717, 1.165) is 0 Å². The molecule has 0 unspecified atom stereocenters. The van der Waals surface area contributed by atoms with Crippen LogP contribution in [0.5, 0.6) is 5.75 Å². The summed E-state index contributed by atoms with van der Waals surface area (Å²) in [6, 6.07) is 4.58. The van der Waals surface area contributed by atoms with Crippen LogP contribution < -0.4 is 10.1 Å². The maximum atomic E-state index is 11.2. The normalized spacial score (nSPS) is 9.47. The Morgan fingerprint density at radius 1 is 1.53 bits per heavy atom. The molecular weight excluding hydrogens is 196 g/mol. The molecule has 0 heterocycles. The van der Waals surface area contributed by atoms with Crippen molar-refractivity contribution in [1.29, 1.82) is 0 Å². The number of nitrogens with one attached hydrogen (secondary N) is 1. The van der Waals surface area contributed by atoms with Gasteiger partial charge in [-0.25, -0.2) is 0 Å². The Hall–Kier alpha value is -1.91. The third-order valence-corrected chi connectivity index (χ3v) is 1.88. The summed E-state index contributed by atoms with van der Waals surface area (Å²) < 4.78 is 5.03.